The monoisotopic (exact) mass is 494 g/mol. The highest BCUT2D eigenvalue weighted by molar-refractivity contribution is 6.75. The minimum atomic E-state index is -2.51. The Kier molecular flexibility index (Phi) is 6.98. The molecule has 0 heterocycles. The first kappa shape index (κ1) is 23.5. The fourth-order valence-corrected chi connectivity index (χ4v) is 3.29. The molecule has 3 aromatic rings. The molecule has 3 rings (SSSR count). The number of nitro benzene ring substituents is 2. The number of carbonyl (C=O) groups is 1. The molecule has 11 heteroatoms. The van der Waals surface area contributed by atoms with E-state index >= 15 is 0 Å². The van der Waals surface area contributed by atoms with Crippen LogP contribution in [0.1, 0.15) is 17.2 Å². The van der Waals surface area contributed by atoms with E-state index in [1.807, 2.05) is 0 Å². The Bertz CT molecular complexity index is 1170. The van der Waals surface area contributed by atoms with Crippen molar-refractivity contribution in [1.29, 1.82) is 0 Å². The molecule has 3 aromatic carbocycles. The van der Waals surface area contributed by atoms with Gasteiger partial charge in [-0.15, -0.1) is 0 Å². The van der Waals surface area contributed by atoms with E-state index in [4.69, 9.17) is 39.5 Å². The zero-order valence-corrected chi connectivity index (χ0v) is 18.3. The van der Waals surface area contributed by atoms with Crippen molar-refractivity contribution in [2.24, 2.45) is 0 Å². The molecule has 0 radical (unpaired) electrons. The summed E-state index contributed by atoms with van der Waals surface area (Å²) in [7, 11) is 0. The van der Waals surface area contributed by atoms with Crippen molar-refractivity contribution >= 4 is 52.1 Å². The predicted molar refractivity (Wildman–Crippen MR) is 120 cm³/mol. The first-order valence-corrected chi connectivity index (χ1v) is 10.1. The second-order valence-electron chi connectivity index (χ2n) is 6.47. The summed E-state index contributed by atoms with van der Waals surface area (Å²) in [6.07, 6.45) is -1.59. The molecule has 8 nitrogen and oxygen atoms in total. The minimum absolute atomic E-state index is 0.0991. The van der Waals surface area contributed by atoms with E-state index in [0.717, 1.165) is 6.07 Å². The molecule has 1 atom stereocenters. The fraction of sp³-hybridized carbons (Fsp3) is 0.0952. The molecular formula is C21H13Cl3N2O6. The Morgan fingerprint density at radius 3 is 1.91 bits per heavy atom. The summed E-state index contributed by atoms with van der Waals surface area (Å²) in [5.41, 5.74) is -0.919. The Morgan fingerprint density at radius 1 is 0.844 bits per heavy atom. The van der Waals surface area contributed by atoms with Crippen LogP contribution in [0, 0.1) is 20.2 Å². The number of halogens is 3. The van der Waals surface area contributed by atoms with Gasteiger partial charge in [-0.2, -0.15) is 0 Å². The summed E-state index contributed by atoms with van der Waals surface area (Å²) in [5, 5.41) is 24.0. The Morgan fingerprint density at radius 2 is 1.41 bits per heavy atom. The summed E-state index contributed by atoms with van der Waals surface area (Å²) >= 11 is 16.9. The Labute approximate surface area is 196 Å². The molecule has 164 valence electrons. The highest BCUT2D eigenvalue weighted by Crippen LogP contribution is 2.45. The minimum Gasteiger partial charge on any atom is -0.449 e. The number of hydrogen-bond donors (Lipinski definition) is 0. The average Bonchev–Trinajstić information content (AvgIpc) is 2.76. The van der Waals surface area contributed by atoms with Crippen molar-refractivity contribution in [2.45, 2.75) is 9.90 Å². The highest BCUT2D eigenvalue weighted by Gasteiger charge is 2.41. The van der Waals surface area contributed by atoms with Crippen LogP contribution in [0.25, 0.3) is 11.1 Å². The van der Waals surface area contributed by atoms with Crippen LogP contribution in [0.4, 0.5) is 11.4 Å². The highest BCUT2D eigenvalue weighted by atomic mass is 35.6. The molecule has 0 aromatic heterocycles. The van der Waals surface area contributed by atoms with Crippen LogP contribution in [-0.2, 0) is 9.53 Å². The van der Waals surface area contributed by atoms with Crippen molar-refractivity contribution in [3.05, 3.63) is 104 Å². The lowest BCUT2D eigenvalue weighted by molar-refractivity contribution is -0.395. The number of hydrogen-bond acceptors (Lipinski definition) is 6. The van der Waals surface area contributed by atoms with Gasteiger partial charge in [-0.25, -0.2) is 4.79 Å². The van der Waals surface area contributed by atoms with Gasteiger partial charge in [0.05, 0.1) is 15.4 Å². The lowest BCUT2D eigenvalue weighted by Gasteiger charge is -2.21. The molecule has 1 unspecified atom stereocenters. The molecule has 0 spiro atoms. The molecule has 0 saturated heterocycles. The molecule has 32 heavy (non-hydrogen) atoms. The molecule has 0 saturated carbocycles. The van der Waals surface area contributed by atoms with Gasteiger partial charge < -0.3 is 4.74 Å². The lowest BCUT2D eigenvalue weighted by atomic mass is 9.92. The number of nitrogens with zero attached hydrogens (tertiary/aromatic N) is 2. The molecule has 0 fully saturated rings. The molecular weight excluding hydrogens is 483 g/mol. The number of esters is 1. The molecule has 0 N–H and O–H groups in total. The van der Waals surface area contributed by atoms with E-state index in [0.29, 0.717) is 5.56 Å². The van der Waals surface area contributed by atoms with Gasteiger partial charge in [-0.05, 0) is 17.2 Å². The standard InChI is InChI=1S/C21H13Cl3N2O6/c22-21(23,24)20(27)32-19(14-9-5-2-6-10-14)17-16(25(28)29)12-11-15(18(17)26(30)31)13-7-3-1-4-8-13/h1-12,19H. The van der Waals surface area contributed by atoms with Crippen molar-refractivity contribution in [1.82, 2.24) is 0 Å². The van der Waals surface area contributed by atoms with Gasteiger partial charge in [-0.3, -0.25) is 20.2 Å². The predicted octanol–water partition coefficient (Wildman–Crippen LogP) is 6.17. The van der Waals surface area contributed by atoms with Gasteiger partial charge in [-0.1, -0.05) is 95.5 Å². The quantitative estimate of drug-likeness (QED) is 0.175. The summed E-state index contributed by atoms with van der Waals surface area (Å²) < 4.78 is 2.81. The maximum absolute atomic E-state index is 12.4. The summed E-state index contributed by atoms with van der Waals surface area (Å²) in [4.78, 5) is 34.8. The van der Waals surface area contributed by atoms with Gasteiger partial charge in [0.15, 0.2) is 11.7 Å². The van der Waals surface area contributed by atoms with Crippen LogP contribution >= 0.6 is 34.8 Å². The zero-order valence-electron chi connectivity index (χ0n) is 16.0. The number of carbonyl (C=O) groups excluding carboxylic acids is 1. The van der Waals surface area contributed by atoms with E-state index in [-0.39, 0.29) is 11.1 Å². The summed E-state index contributed by atoms with van der Waals surface area (Å²) in [6.45, 7) is 0. The Balaban J connectivity index is 2.37. The molecule has 0 aliphatic carbocycles. The van der Waals surface area contributed by atoms with Crippen molar-refractivity contribution < 1.29 is 19.4 Å². The van der Waals surface area contributed by atoms with Gasteiger partial charge in [0.1, 0.15) is 0 Å². The van der Waals surface area contributed by atoms with Gasteiger partial charge in [0.25, 0.3) is 15.2 Å². The molecule has 0 amide bonds. The van der Waals surface area contributed by atoms with E-state index in [1.54, 1.807) is 48.5 Å². The number of ether oxygens (including phenoxy) is 1. The van der Waals surface area contributed by atoms with Crippen molar-refractivity contribution in [3.8, 4) is 11.1 Å². The van der Waals surface area contributed by atoms with Crippen LogP contribution in [0.2, 0.25) is 0 Å². The third-order valence-corrected chi connectivity index (χ3v) is 4.94. The largest absolute Gasteiger partial charge is 0.449 e. The zero-order chi connectivity index (χ0) is 23.5. The third-order valence-electron chi connectivity index (χ3n) is 4.48. The average molecular weight is 496 g/mol. The van der Waals surface area contributed by atoms with Gasteiger partial charge >= 0.3 is 5.97 Å². The van der Waals surface area contributed by atoms with Crippen LogP contribution in [0.3, 0.4) is 0 Å². The number of benzene rings is 3. The summed E-state index contributed by atoms with van der Waals surface area (Å²) in [6, 6.07) is 18.4. The van der Waals surface area contributed by atoms with Gasteiger partial charge in [0.2, 0.25) is 0 Å². The lowest BCUT2D eigenvalue weighted by Crippen LogP contribution is -2.25. The van der Waals surface area contributed by atoms with Crippen LogP contribution in [-0.4, -0.2) is 19.6 Å². The third kappa shape index (κ3) is 4.99. The first-order valence-electron chi connectivity index (χ1n) is 8.95. The molecule has 0 aliphatic heterocycles. The molecule has 0 aliphatic rings. The van der Waals surface area contributed by atoms with E-state index in [9.17, 15) is 25.0 Å². The normalized spacial score (nSPS) is 12.1. The number of alkyl halides is 3. The molecule has 0 bridgehead atoms. The topological polar surface area (TPSA) is 113 Å². The number of nitro groups is 2. The van der Waals surface area contributed by atoms with E-state index < -0.39 is 42.7 Å². The maximum atomic E-state index is 12.4. The Hall–Kier alpha value is -3.20. The second kappa shape index (κ2) is 9.52. The fourth-order valence-electron chi connectivity index (χ4n) is 3.16. The van der Waals surface area contributed by atoms with Crippen molar-refractivity contribution in [3.63, 3.8) is 0 Å². The van der Waals surface area contributed by atoms with Crippen LogP contribution in [0.15, 0.2) is 72.8 Å². The van der Waals surface area contributed by atoms with E-state index in [1.165, 1.54) is 18.2 Å². The van der Waals surface area contributed by atoms with Gasteiger partial charge in [0, 0.05) is 6.07 Å². The first-order chi connectivity index (χ1) is 15.1. The van der Waals surface area contributed by atoms with E-state index in [2.05, 4.69) is 0 Å². The summed E-state index contributed by atoms with van der Waals surface area (Å²) in [5.74, 6) is -1.34. The SMILES string of the molecule is O=C(OC(c1ccccc1)c1c([N+](=O)[O-])ccc(-c2ccccc2)c1[N+](=O)[O-])C(Cl)(Cl)Cl. The van der Waals surface area contributed by atoms with Crippen molar-refractivity contribution in [2.75, 3.05) is 0 Å². The smallest absolute Gasteiger partial charge is 0.359 e. The maximum Gasteiger partial charge on any atom is 0.359 e. The van der Waals surface area contributed by atoms with Crippen LogP contribution in [0.5, 0.6) is 0 Å². The second-order valence-corrected chi connectivity index (χ2v) is 8.75. The number of rotatable bonds is 6. The van der Waals surface area contributed by atoms with Crippen LogP contribution < -0.4 is 0 Å².